The van der Waals surface area contributed by atoms with Gasteiger partial charge in [0, 0.05) is 11.9 Å². The van der Waals surface area contributed by atoms with Crippen LogP contribution in [-0.4, -0.2) is 23.6 Å². The second-order valence-corrected chi connectivity index (χ2v) is 5.74. The molecule has 1 unspecified atom stereocenters. The molecule has 5 heteroatoms. The van der Waals surface area contributed by atoms with Crippen molar-refractivity contribution in [2.24, 2.45) is 5.92 Å². The fraction of sp³-hybridized carbons (Fsp3) is 0.429. The van der Waals surface area contributed by atoms with Crippen LogP contribution in [-0.2, 0) is 4.79 Å². The number of amides is 1. The summed E-state index contributed by atoms with van der Waals surface area (Å²) < 4.78 is 0. The third-order valence-electron chi connectivity index (χ3n) is 3.30. The van der Waals surface area contributed by atoms with Crippen LogP contribution in [0, 0.1) is 5.92 Å². The monoisotopic (exact) mass is 343 g/mol. The molecule has 102 valence electrons. The Kier molecular flexibility index (Phi) is 4.63. The van der Waals surface area contributed by atoms with Crippen LogP contribution in [0.1, 0.15) is 30.1 Å². The molecule has 0 aromatic heterocycles. The van der Waals surface area contributed by atoms with Gasteiger partial charge < -0.3 is 4.90 Å². The number of halogens is 2. The summed E-state index contributed by atoms with van der Waals surface area (Å²) in [7, 11) is 0. The lowest BCUT2D eigenvalue weighted by atomic mass is 10.1. The SMILES string of the molecule is CCCC(CBr)CN1C(=O)C(=O)c2c(Cl)cccc21. The van der Waals surface area contributed by atoms with E-state index in [1.807, 2.05) is 0 Å². The van der Waals surface area contributed by atoms with Crippen LogP contribution in [0.5, 0.6) is 0 Å². The van der Waals surface area contributed by atoms with E-state index in [1.54, 1.807) is 23.1 Å². The van der Waals surface area contributed by atoms with Crippen molar-refractivity contribution < 1.29 is 9.59 Å². The van der Waals surface area contributed by atoms with Crippen molar-refractivity contribution in [2.75, 3.05) is 16.8 Å². The fourth-order valence-corrected chi connectivity index (χ4v) is 3.15. The van der Waals surface area contributed by atoms with Gasteiger partial charge in [0.25, 0.3) is 11.7 Å². The molecule has 1 aliphatic rings. The largest absolute Gasteiger partial charge is 0.304 e. The van der Waals surface area contributed by atoms with Crippen molar-refractivity contribution >= 4 is 44.9 Å². The van der Waals surface area contributed by atoms with Gasteiger partial charge in [-0.2, -0.15) is 0 Å². The van der Waals surface area contributed by atoms with Crippen LogP contribution in [0.2, 0.25) is 5.02 Å². The highest BCUT2D eigenvalue weighted by atomic mass is 79.9. The predicted molar refractivity (Wildman–Crippen MR) is 80.3 cm³/mol. The Morgan fingerprint density at radius 1 is 1.37 bits per heavy atom. The van der Waals surface area contributed by atoms with Crippen molar-refractivity contribution in [2.45, 2.75) is 19.8 Å². The summed E-state index contributed by atoms with van der Waals surface area (Å²) >= 11 is 9.48. The van der Waals surface area contributed by atoms with Crippen LogP contribution in [0.3, 0.4) is 0 Å². The molecule has 0 spiro atoms. The van der Waals surface area contributed by atoms with Gasteiger partial charge in [-0.1, -0.05) is 46.9 Å². The maximum Gasteiger partial charge on any atom is 0.299 e. The standard InChI is InChI=1S/C14H15BrClNO2/c1-2-4-9(7-15)8-17-11-6-3-5-10(16)12(11)13(18)14(17)19/h3,5-6,9H,2,4,7-8H2,1H3. The number of Topliss-reactive ketones (excluding diaryl/α,β-unsaturated/α-hetero) is 1. The number of benzene rings is 1. The number of nitrogens with zero attached hydrogens (tertiary/aromatic N) is 1. The first kappa shape index (κ1) is 14.5. The number of rotatable bonds is 5. The highest BCUT2D eigenvalue weighted by Crippen LogP contribution is 2.34. The Morgan fingerprint density at radius 2 is 2.11 bits per heavy atom. The van der Waals surface area contributed by atoms with Gasteiger partial charge in [-0.15, -0.1) is 0 Å². The summed E-state index contributed by atoms with van der Waals surface area (Å²) in [4.78, 5) is 25.6. The molecule has 1 aromatic carbocycles. The molecule has 1 atom stereocenters. The number of ketones is 1. The van der Waals surface area contributed by atoms with Gasteiger partial charge in [-0.05, 0) is 24.5 Å². The summed E-state index contributed by atoms with van der Waals surface area (Å²) in [6, 6.07) is 5.19. The zero-order chi connectivity index (χ0) is 14.0. The molecule has 0 saturated heterocycles. The Labute approximate surface area is 126 Å². The lowest BCUT2D eigenvalue weighted by Gasteiger charge is -2.22. The second kappa shape index (κ2) is 6.06. The minimum Gasteiger partial charge on any atom is -0.304 e. The van der Waals surface area contributed by atoms with Crippen LogP contribution in [0.4, 0.5) is 5.69 Å². The van der Waals surface area contributed by atoms with E-state index in [2.05, 4.69) is 22.9 Å². The Bertz CT molecular complexity index is 518. The lowest BCUT2D eigenvalue weighted by Crippen LogP contribution is -2.34. The van der Waals surface area contributed by atoms with Crippen molar-refractivity contribution in [1.29, 1.82) is 0 Å². The number of carbonyl (C=O) groups is 2. The number of fused-ring (bicyclic) bond motifs is 1. The molecule has 1 aromatic rings. The summed E-state index contributed by atoms with van der Waals surface area (Å²) in [5.41, 5.74) is 0.989. The fourth-order valence-electron chi connectivity index (χ4n) is 2.37. The number of alkyl halides is 1. The van der Waals surface area contributed by atoms with E-state index in [0.29, 0.717) is 28.7 Å². The zero-order valence-electron chi connectivity index (χ0n) is 10.7. The Balaban J connectivity index is 2.31. The van der Waals surface area contributed by atoms with E-state index in [1.165, 1.54) is 0 Å². The predicted octanol–water partition coefficient (Wildman–Crippen LogP) is 3.68. The van der Waals surface area contributed by atoms with E-state index in [4.69, 9.17) is 11.6 Å². The minimum absolute atomic E-state index is 0.340. The summed E-state index contributed by atoms with van der Waals surface area (Å²) in [6.45, 7) is 2.66. The zero-order valence-corrected chi connectivity index (χ0v) is 13.0. The summed E-state index contributed by atoms with van der Waals surface area (Å²) in [6.07, 6.45) is 2.06. The van der Waals surface area contributed by atoms with Crippen molar-refractivity contribution in [3.05, 3.63) is 28.8 Å². The molecule has 1 amide bonds. The van der Waals surface area contributed by atoms with Crippen molar-refractivity contribution in [1.82, 2.24) is 0 Å². The summed E-state index contributed by atoms with van der Waals surface area (Å²) in [5, 5.41) is 1.17. The highest BCUT2D eigenvalue weighted by molar-refractivity contribution is 9.09. The molecular weight excluding hydrogens is 330 g/mol. The molecule has 19 heavy (non-hydrogen) atoms. The Hall–Kier alpha value is -0.870. The maximum atomic E-state index is 12.1. The number of anilines is 1. The molecule has 3 nitrogen and oxygen atoms in total. The molecular formula is C14H15BrClNO2. The van der Waals surface area contributed by atoms with Gasteiger partial charge in [-0.25, -0.2) is 0 Å². The van der Waals surface area contributed by atoms with Gasteiger partial charge in [0.05, 0.1) is 16.3 Å². The number of carbonyl (C=O) groups excluding carboxylic acids is 2. The average molecular weight is 345 g/mol. The molecule has 0 saturated carbocycles. The van der Waals surface area contributed by atoms with Crippen LogP contribution in [0.25, 0.3) is 0 Å². The Morgan fingerprint density at radius 3 is 2.74 bits per heavy atom. The molecule has 0 aliphatic carbocycles. The van der Waals surface area contributed by atoms with E-state index in [9.17, 15) is 9.59 Å². The molecule has 0 radical (unpaired) electrons. The average Bonchev–Trinajstić information content (AvgIpc) is 2.64. The molecule has 0 N–H and O–H groups in total. The molecule has 0 fully saturated rings. The second-order valence-electron chi connectivity index (χ2n) is 4.69. The van der Waals surface area contributed by atoms with Crippen LogP contribution < -0.4 is 4.90 Å². The third-order valence-corrected chi connectivity index (χ3v) is 4.54. The third kappa shape index (κ3) is 2.70. The van der Waals surface area contributed by atoms with Crippen LogP contribution in [0.15, 0.2) is 18.2 Å². The van der Waals surface area contributed by atoms with Crippen LogP contribution >= 0.6 is 27.5 Å². The molecule has 0 bridgehead atoms. The number of hydrogen-bond donors (Lipinski definition) is 0. The topological polar surface area (TPSA) is 37.4 Å². The molecule has 2 rings (SSSR count). The van der Waals surface area contributed by atoms with E-state index in [0.717, 1.165) is 18.2 Å². The highest BCUT2D eigenvalue weighted by Gasteiger charge is 2.38. The van der Waals surface area contributed by atoms with Gasteiger partial charge in [0.2, 0.25) is 0 Å². The van der Waals surface area contributed by atoms with Gasteiger partial charge in [0.1, 0.15) is 0 Å². The van der Waals surface area contributed by atoms with Crippen molar-refractivity contribution in [3.8, 4) is 0 Å². The maximum absolute atomic E-state index is 12.1. The van der Waals surface area contributed by atoms with Gasteiger partial charge >= 0.3 is 0 Å². The first-order valence-corrected chi connectivity index (χ1v) is 7.80. The van der Waals surface area contributed by atoms with Gasteiger partial charge in [-0.3, -0.25) is 9.59 Å². The van der Waals surface area contributed by atoms with E-state index >= 15 is 0 Å². The van der Waals surface area contributed by atoms with Crippen molar-refractivity contribution in [3.63, 3.8) is 0 Å². The molecule has 1 heterocycles. The normalized spacial score (nSPS) is 15.8. The first-order valence-electron chi connectivity index (χ1n) is 6.30. The first-order chi connectivity index (χ1) is 9.10. The lowest BCUT2D eigenvalue weighted by molar-refractivity contribution is -0.114. The quantitative estimate of drug-likeness (QED) is 0.603. The van der Waals surface area contributed by atoms with E-state index in [-0.39, 0.29) is 0 Å². The van der Waals surface area contributed by atoms with E-state index < -0.39 is 11.7 Å². The minimum atomic E-state index is -0.495. The van der Waals surface area contributed by atoms with Gasteiger partial charge in [0.15, 0.2) is 0 Å². The molecule has 1 aliphatic heterocycles. The summed E-state index contributed by atoms with van der Waals surface area (Å²) in [5.74, 6) is -0.623. The smallest absolute Gasteiger partial charge is 0.299 e. The number of hydrogen-bond acceptors (Lipinski definition) is 2.